The first-order chi connectivity index (χ1) is 10.9. The molecule has 1 heterocycles. The molecule has 0 spiro atoms. The summed E-state index contributed by atoms with van der Waals surface area (Å²) in [5.74, 6) is 0.0710. The summed E-state index contributed by atoms with van der Waals surface area (Å²) >= 11 is 0. The number of nitrogens with one attached hydrogen (secondary N) is 1. The molecule has 1 saturated heterocycles. The number of amides is 1. The zero-order valence-electron chi connectivity index (χ0n) is 13.8. The second kappa shape index (κ2) is 7.31. The van der Waals surface area contributed by atoms with Crippen molar-refractivity contribution in [3.63, 3.8) is 0 Å². The first kappa shape index (κ1) is 17.7. The van der Waals surface area contributed by atoms with Crippen LogP contribution in [0.4, 0.5) is 0 Å². The van der Waals surface area contributed by atoms with E-state index in [0.29, 0.717) is 6.54 Å². The van der Waals surface area contributed by atoms with E-state index >= 15 is 0 Å². The Bertz CT molecular complexity index is 660. The molecule has 1 aliphatic heterocycles. The van der Waals surface area contributed by atoms with E-state index in [2.05, 4.69) is 4.72 Å². The normalized spacial score (nSPS) is 20.1. The van der Waals surface area contributed by atoms with Crippen molar-refractivity contribution >= 4 is 15.9 Å². The molecule has 1 amide bonds. The number of para-hydroxylation sites is 1. The van der Waals surface area contributed by atoms with E-state index in [-0.39, 0.29) is 22.6 Å². The molecule has 0 aromatic heterocycles. The summed E-state index contributed by atoms with van der Waals surface area (Å²) in [6, 6.07) is 5.69. The molecule has 0 radical (unpaired) electrons. The fraction of sp³-hybridized carbons (Fsp3) is 0.562. The molecule has 2 rings (SSSR count). The monoisotopic (exact) mass is 340 g/mol. The van der Waals surface area contributed by atoms with Crippen molar-refractivity contribution in [2.45, 2.75) is 50.1 Å². The number of rotatable bonds is 5. The standard InChI is InChI=1S/C16H24N2O4S/c1-12-8-6-7-11-18(12)16(19)13(2)17-23(20,21)15-10-5-4-9-14(15)22-3/h4-5,9-10,12-13,17H,6-8,11H2,1-3H3. The zero-order valence-corrected chi connectivity index (χ0v) is 14.6. The number of sulfonamides is 1. The minimum atomic E-state index is -3.83. The largest absolute Gasteiger partial charge is 0.495 e. The highest BCUT2D eigenvalue weighted by Crippen LogP contribution is 2.23. The van der Waals surface area contributed by atoms with Gasteiger partial charge in [-0.15, -0.1) is 0 Å². The molecular formula is C16H24N2O4S. The lowest BCUT2D eigenvalue weighted by atomic mass is 10.0. The molecule has 1 aromatic carbocycles. The Hall–Kier alpha value is -1.60. The predicted molar refractivity (Wildman–Crippen MR) is 87.8 cm³/mol. The van der Waals surface area contributed by atoms with Crippen molar-refractivity contribution in [3.05, 3.63) is 24.3 Å². The Morgan fingerprint density at radius 1 is 1.35 bits per heavy atom. The fourth-order valence-electron chi connectivity index (χ4n) is 2.86. The van der Waals surface area contributed by atoms with Gasteiger partial charge in [-0.3, -0.25) is 4.79 Å². The van der Waals surface area contributed by atoms with E-state index in [4.69, 9.17) is 4.74 Å². The number of ether oxygens (including phenoxy) is 1. The van der Waals surface area contributed by atoms with Crippen molar-refractivity contribution in [2.24, 2.45) is 0 Å². The summed E-state index contributed by atoms with van der Waals surface area (Å²) in [6.07, 6.45) is 3.02. The number of hydrogen-bond acceptors (Lipinski definition) is 4. The molecule has 1 aliphatic rings. The van der Waals surface area contributed by atoms with Gasteiger partial charge in [0.15, 0.2) is 0 Å². The quantitative estimate of drug-likeness (QED) is 0.886. The number of carbonyl (C=O) groups excluding carboxylic acids is 1. The highest BCUT2D eigenvalue weighted by atomic mass is 32.2. The van der Waals surface area contributed by atoms with E-state index in [1.165, 1.54) is 13.2 Å². The van der Waals surface area contributed by atoms with Gasteiger partial charge in [0.25, 0.3) is 0 Å². The lowest BCUT2D eigenvalue weighted by molar-refractivity contribution is -0.135. The Labute approximate surface area is 137 Å². The molecule has 23 heavy (non-hydrogen) atoms. The molecule has 1 aromatic rings. The van der Waals surface area contributed by atoms with Crippen LogP contribution in [0.15, 0.2) is 29.2 Å². The number of benzene rings is 1. The second-order valence-corrected chi connectivity index (χ2v) is 7.55. The molecule has 0 saturated carbocycles. The average molecular weight is 340 g/mol. The minimum absolute atomic E-state index is 0.0360. The molecule has 7 heteroatoms. The van der Waals surface area contributed by atoms with Crippen LogP contribution in [0.2, 0.25) is 0 Å². The van der Waals surface area contributed by atoms with Crippen LogP contribution in [0.25, 0.3) is 0 Å². The summed E-state index contributed by atoms with van der Waals surface area (Å²) < 4.78 is 32.6. The van der Waals surface area contributed by atoms with Gasteiger partial charge >= 0.3 is 0 Å². The summed E-state index contributed by atoms with van der Waals surface area (Å²) in [5.41, 5.74) is 0. The van der Waals surface area contributed by atoms with Crippen LogP contribution in [0.5, 0.6) is 5.75 Å². The number of hydrogen-bond donors (Lipinski definition) is 1. The molecule has 2 unspecified atom stereocenters. The maximum absolute atomic E-state index is 12.5. The zero-order chi connectivity index (χ0) is 17.0. The van der Waals surface area contributed by atoms with Gasteiger partial charge in [0.2, 0.25) is 15.9 Å². The van der Waals surface area contributed by atoms with Crippen LogP contribution < -0.4 is 9.46 Å². The van der Waals surface area contributed by atoms with Gasteiger partial charge in [-0.25, -0.2) is 8.42 Å². The Morgan fingerprint density at radius 2 is 2.04 bits per heavy atom. The summed E-state index contributed by atoms with van der Waals surface area (Å²) in [6.45, 7) is 4.26. The van der Waals surface area contributed by atoms with Crippen molar-refractivity contribution in [2.75, 3.05) is 13.7 Å². The Balaban J connectivity index is 2.14. The van der Waals surface area contributed by atoms with E-state index in [0.717, 1.165) is 19.3 Å². The van der Waals surface area contributed by atoms with Gasteiger partial charge in [0, 0.05) is 12.6 Å². The first-order valence-electron chi connectivity index (χ1n) is 7.82. The summed E-state index contributed by atoms with van der Waals surface area (Å²) in [7, 11) is -2.41. The van der Waals surface area contributed by atoms with Crippen LogP contribution in [0.1, 0.15) is 33.1 Å². The molecule has 1 fully saturated rings. The number of piperidine rings is 1. The van der Waals surface area contributed by atoms with Crippen molar-refractivity contribution in [1.82, 2.24) is 9.62 Å². The topological polar surface area (TPSA) is 75.7 Å². The fourth-order valence-corrected chi connectivity index (χ4v) is 4.23. The van der Waals surface area contributed by atoms with Crippen LogP contribution in [-0.4, -0.2) is 45.0 Å². The smallest absolute Gasteiger partial charge is 0.244 e. The van der Waals surface area contributed by atoms with Gasteiger partial charge in [-0.2, -0.15) is 4.72 Å². The third-order valence-corrected chi connectivity index (χ3v) is 5.73. The maximum Gasteiger partial charge on any atom is 0.244 e. The van der Waals surface area contributed by atoms with Crippen molar-refractivity contribution < 1.29 is 17.9 Å². The SMILES string of the molecule is COc1ccccc1S(=O)(=O)NC(C)C(=O)N1CCCCC1C. The minimum Gasteiger partial charge on any atom is -0.495 e. The third-order valence-electron chi connectivity index (χ3n) is 4.15. The van der Waals surface area contributed by atoms with Gasteiger partial charge < -0.3 is 9.64 Å². The number of methoxy groups -OCH3 is 1. The molecule has 128 valence electrons. The number of nitrogens with zero attached hydrogens (tertiary/aromatic N) is 1. The molecular weight excluding hydrogens is 316 g/mol. The third kappa shape index (κ3) is 4.03. The summed E-state index contributed by atoms with van der Waals surface area (Å²) in [5, 5.41) is 0. The molecule has 6 nitrogen and oxygen atoms in total. The van der Waals surface area contributed by atoms with Crippen molar-refractivity contribution in [1.29, 1.82) is 0 Å². The molecule has 0 aliphatic carbocycles. The van der Waals surface area contributed by atoms with E-state index in [9.17, 15) is 13.2 Å². The van der Waals surface area contributed by atoms with E-state index in [1.807, 2.05) is 6.92 Å². The highest BCUT2D eigenvalue weighted by Gasteiger charge is 2.30. The second-order valence-electron chi connectivity index (χ2n) is 5.87. The van der Waals surface area contributed by atoms with Gasteiger partial charge in [0.1, 0.15) is 10.6 Å². The molecule has 1 N–H and O–H groups in total. The first-order valence-corrected chi connectivity index (χ1v) is 9.31. The predicted octanol–water partition coefficient (Wildman–Crippen LogP) is 1.76. The maximum atomic E-state index is 12.5. The number of likely N-dealkylation sites (tertiary alicyclic amines) is 1. The van der Waals surface area contributed by atoms with Gasteiger partial charge in [-0.05, 0) is 45.2 Å². The lowest BCUT2D eigenvalue weighted by Gasteiger charge is -2.35. The van der Waals surface area contributed by atoms with Crippen LogP contribution in [0, 0.1) is 0 Å². The Morgan fingerprint density at radius 3 is 2.70 bits per heavy atom. The average Bonchev–Trinajstić information content (AvgIpc) is 2.54. The Kier molecular flexibility index (Phi) is 5.64. The highest BCUT2D eigenvalue weighted by molar-refractivity contribution is 7.89. The number of carbonyl (C=O) groups is 1. The van der Waals surface area contributed by atoms with Crippen LogP contribution in [0.3, 0.4) is 0 Å². The van der Waals surface area contributed by atoms with Gasteiger partial charge in [0.05, 0.1) is 13.2 Å². The van der Waals surface area contributed by atoms with E-state index in [1.54, 1.807) is 30.0 Å². The molecule has 0 bridgehead atoms. The van der Waals surface area contributed by atoms with E-state index < -0.39 is 16.1 Å². The summed E-state index contributed by atoms with van der Waals surface area (Å²) in [4.78, 5) is 14.3. The van der Waals surface area contributed by atoms with Crippen LogP contribution in [-0.2, 0) is 14.8 Å². The van der Waals surface area contributed by atoms with Crippen molar-refractivity contribution in [3.8, 4) is 5.75 Å². The van der Waals surface area contributed by atoms with Crippen LogP contribution >= 0.6 is 0 Å². The van der Waals surface area contributed by atoms with Gasteiger partial charge in [-0.1, -0.05) is 12.1 Å². The molecule has 2 atom stereocenters. The lowest BCUT2D eigenvalue weighted by Crippen LogP contribution is -2.51.